The van der Waals surface area contributed by atoms with Gasteiger partial charge in [-0.25, -0.2) is 4.39 Å². The zero-order chi connectivity index (χ0) is 15.6. The van der Waals surface area contributed by atoms with Crippen LogP contribution < -0.4 is 4.74 Å². The minimum atomic E-state index is -4.38. The van der Waals surface area contributed by atoms with Crippen molar-refractivity contribution in [2.45, 2.75) is 11.0 Å². The summed E-state index contributed by atoms with van der Waals surface area (Å²) in [7, 11) is 1.43. The molecule has 0 radical (unpaired) electrons. The molecule has 1 unspecified atom stereocenters. The highest BCUT2D eigenvalue weighted by Crippen LogP contribution is 2.36. The summed E-state index contributed by atoms with van der Waals surface area (Å²) in [5, 5.41) is 0. The second kappa shape index (κ2) is 6.05. The van der Waals surface area contributed by atoms with Gasteiger partial charge in [-0.05, 0) is 23.8 Å². The lowest BCUT2D eigenvalue weighted by Crippen LogP contribution is -2.05. The van der Waals surface area contributed by atoms with E-state index in [1.54, 1.807) is 6.07 Å². The summed E-state index contributed by atoms with van der Waals surface area (Å²) >= 11 is 3.30. The molecule has 6 heteroatoms. The van der Waals surface area contributed by atoms with Crippen molar-refractivity contribution in [1.82, 2.24) is 0 Å². The maximum absolute atomic E-state index is 14.0. The molecule has 112 valence electrons. The molecule has 0 saturated carbocycles. The molecule has 0 aliphatic heterocycles. The second-order valence-corrected chi connectivity index (χ2v) is 5.29. The van der Waals surface area contributed by atoms with Crippen molar-refractivity contribution in [1.29, 1.82) is 0 Å². The van der Waals surface area contributed by atoms with Gasteiger partial charge in [0.15, 0.2) is 0 Å². The smallest absolute Gasteiger partial charge is 0.416 e. The molecule has 0 fully saturated rings. The van der Waals surface area contributed by atoms with Crippen molar-refractivity contribution >= 4 is 15.9 Å². The van der Waals surface area contributed by atoms with E-state index < -0.39 is 22.4 Å². The molecular formula is C15H11BrF4O. The average Bonchev–Trinajstić information content (AvgIpc) is 2.45. The Bertz CT molecular complexity index is 623. The number of ether oxygens (including phenoxy) is 1. The van der Waals surface area contributed by atoms with E-state index in [9.17, 15) is 17.6 Å². The molecular weight excluding hydrogens is 352 g/mol. The molecule has 0 heterocycles. The van der Waals surface area contributed by atoms with Crippen molar-refractivity contribution in [3.8, 4) is 5.75 Å². The van der Waals surface area contributed by atoms with Crippen molar-refractivity contribution < 1.29 is 22.3 Å². The van der Waals surface area contributed by atoms with Gasteiger partial charge in [0.1, 0.15) is 11.6 Å². The van der Waals surface area contributed by atoms with Crippen LogP contribution in [-0.2, 0) is 6.18 Å². The Balaban J connectivity index is 2.30. The Hall–Kier alpha value is -1.56. The standard InChI is InChI=1S/C15H11BrF4O/c1-21-11-6-7-12(13(17)8-11)14(16)9-2-4-10(5-3-9)15(18,19)20/h2-8,14H,1H3. The minimum absolute atomic E-state index is 0.329. The van der Waals surface area contributed by atoms with Crippen molar-refractivity contribution in [2.75, 3.05) is 7.11 Å². The molecule has 0 aliphatic carbocycles. The largest absolute Gasteiger partial charge is 0.497 e. The number of rotatable bonds is 3. The molecule has 21 heavy (non-hydrogen) atoms. The van der Waals surface area contributed by atoms with Gasteiger partial charge in [-0.3, -0.25) is 0 Å². The molecule has 0 amide bonds. The second-order valence-electron chi connectivity index (χ2n) is 4.37. The van der Waals surface area contributed by atoms with E-state index in [1.165, 1.54) is 31.4 Å². The number of halogens is 5. The first-order valence-electron chi connectivity index (χ1n) is 5.97. The van der Waals surface area contributed by atoms with Crippen molar-refractivity contribution in [3.63, 3.8) is 0 Å². The third kappa shape index (κ3) is 3.56. The Morgan fingerprint density at radius 2 is 1.67 bits per heavy atom. The normalized spacial score (nSPS) is 13.0. The summed E-state index contributed by atoms with van der Waals surface area (Å²) in [5.41, 5.74) is 0.128. The van der Waals surface area contributed by atoms with Crippen LogP contribution in [0.25, 0.3) is 0 Å². The summed E-state index contributed by atoms with van der Waals surface area (Å²) in [4.78, 5) is -0.536. The fourth-order valence-electron chi connectivity index (χ4n) is 1.86. The topological polar surface area (TPSA) is 9.23 Å². The van der Waals surface area contributed by atoms with Gasteiger partial charge in [0.05, 0.1) is 17.5 Å². The number of methoxy groups -OCH3 is 1. The van der Waals surface area contributed by atoms with E-state index in [0.717, 1.165) is 12.1 Å². The first-order chi connectivity index (χ1) is 9.82. The molecule has 0 aromatic heterocycles. The Kier molecular flexibility index (Phi) is 4.56. The quantitative estimate of drug-likeness (QED) is 0.529. The number of hydrogen-bond acceptors (Lipinski definition) is 1. The van der Waals surface area contributed by atoms with Crippen LogP contribution in [0.2, 0.25) is 0 Å². The van der Waals surface area contributed by atoms with Crippen LogP contribution >= 0.6 is 15.9 Å². The fraction of sp³-hybridized carbons (Fsp3) is 0.200. The monoisotopic (exact) mass is 362 g/mol. The number of alkyl halides is 4. The molecule has 0 N–H and O–H groups in total. The zero-order valence-corrected chi connectivity index (χ0v) is 12.5. The predicted octanol–water partition coefficient (Wildman–Crippen LogP) is 5.34. The fourth-order valence-corrected chi connectivity index (χ4v) is 2.54. The SMILES string of the molecule is COc1ccc(C(Br)c2ccc(C(F)(F)F)cc2)c(F)c1. The third-order valence-electron chi connectivity index (χ3n) is 3.01. The molecule has 2 aromatic rings. The lowest BCUT2D eigenvalue weighted by molar-refractivity contribution is -0.137. The summed E-state index contributed by atoms with van der Waals surface area (Å²) in [6, 6.07) is 8.96. The van der Waals surface area contributed by atoms with Crippen LogP contribution in [0.4, 0.5) is 17.6 Å². The van der Waals surface area contributed by atoms with Gasteiger partial charge < -0.3 is 4.74 Å². The molecule has 0 saturated heterocycles. The predicted molar refractivity (Wildman–Crippen MR) is 75.2 cm³/mol. The molecule has 1 nitrogen and oxygen atoms in total. The third-order valence-corrected chi connectivity index (χ3v) is 4.03. The maximum atomic E-state index is 14.0. The average molecular weight is 363 g/mol. The van der Waals surface area contributed by atoms with Gasteiger partial charge in [0.2, 0.25) is 0 Å². The van der Waals surface area contributed by atoms with Gasteiger partial charge >= 0.3 is 6.18 Å². The zero-order valence-electron chi connectivity index (χ0n) is 10.9. The molecule has 2 aromatic carbocycles. The summed E-state index contributed by atoms with van der Waals surface area (Å²) in [6.45, 7) is 0. The Morgan fingerprint density at radius 1 is 1.05 bits per heavy atom. The van der Waals surface area contributed by atoms with Crippen LogP contribution in [0.5, 0.6) is 5.75 Å². The first-order valence-corrected chi connectivity index (χ1v) is 6.89. The van der Waals surface area contributed by atoms with Gasteiger partial charge in [0.25, 0.3) is 0 Å². The van der Waals surface area contributed by atoms with Crippen LogP contribution in [0.3, 0.4) is 0 Å². The Morgan fingerprint density at radius 3 is 2.14 bits per heavy atom. The van der Waals surface area contributed by atoms with Crippen molar-refractivity contribution in [2.24, 2.45) is 0 Å². The Labute approximate surface area is 127 Å². The van der Waals surface area contributed by atoms with E-state index in [1.807, 2.05) is 0 Å². The number of hydrogen-bond donors (Lipinski definition) is 0. The summed E-state index contributed by atoms with van der Waals surface area (Å²) < 4.78 is 56.4. The van der Waals surface area contributed by atoms with Gasteiger partial charge in [-0.1, -0.05) is 34.1 Å². The highest BCUT2D eigenvalue weighted by molar-refractivity contribution is 9.09. The molecule has 2 rings (SSSR count). The lowest BCUT2D eigenvalue weighted by Gasteiger charge is -2.14. The van der Waals surface area contributed by atoms with E-state index in [-0.39, 0.29) is 0 Å². The number of benzene rings is 2. The minimum Gasteiger partial charge on any atom is -0.497 e. The highest BCUT2D eigenvalue weighted by Gasteiger charge is 2.30. The van der Waals surface area contributed by atoms with Gasteiger partial charge in [0, 0.05) is 11.6 Å². The van der Waals surface area contributed by atoms with E-state index in [4.69, 9.17) is 4.74 Å². The summed E-state index contributed by atoms with van der Waals surface area (Å²) in [6.07, 6.45) is -4.38. The molecule has 0 aliphatic rings. The van der Waals surface area contributed by atoms with E-state index >= 15 is 0 Å². The van der Waals surface area contributed by atoms with Crippen LogP contribution in [0.1, 0.15) is 21.5 Å². The van der Waals surface area contributed by atoms with Crippen LogP contribution in [-0.4, -0.2) is 7.11 Å². The maximum Gasteiger partial charge on any atom is 0.416 e. The van der Waals surface area contributed by atoms with Gasteiger partial charge in [-0.2, -0.15) is 13.2 Å². The molecule has 1 atom stereocenters. The van der Waals surface area contributed by atoms with Gasteiger partial charge in [-0.15, -0.1) is 0 Å². The van der Waals surface area contributed by atoms with E-state index in [0.29, 0.717) is 16.9 Å². The lowest BCUT2D eigenvalue weighted by atomic mass is 10.0. The van der Waals surface area contributed by atoms with Crippen molar-refractivity contribution in [3.05, 3.63) is 65.0 Å². The van der Waals surface area contributed by atoms with Crippen LogP contribution in [0, 0.1) is 5.82 Å². The summed E-state index contributed by atoms with van der Waals surface area (Å²) in [5.74, 6) is -0.112. The van der Waals surface area contributed by atoms with Crippen LogP contribution in [0.15, 0.2) is 42.5 Å². The molecule has 0 spiro atoms. The highest BCUT2D eigenvalue weighted by atomic mass is 79.9. The van der Waals surface area contributed by atoms with E-state index in [2.05, 4.69) is 15.9 Å². The first kappa shape index (κ1) is 15.8. The molecule has 0 bridgehead atoms.